The number of nitrogens with one attached hydrogen (secondary N) is 4. The van der Waals surface area contributed by atoms with Crippen molar-refractivity contribution in [2.45, 2.75) is 56.4 Å². The number of nitrogens with two attached hydrogens (primary N) is 1. The smallest absolute Gasteiger partial charge is 0.387 e. The number of aliphatic hydroxyl groups excluding tert-OH is 2. The number of rotatable bonds is 21. The molecule has 1 aromatic carbocycles. The summed E-state index contributed by atoms with van der Waals surface area (Å²) in [6, 6.07) is 4.12. The Kier molecular flexibility index (Phi) is 14.6. The molecule has 0 aliphatic carbocycles. The van der Waals surface area contributed by atoms with Crippen LogP contribution in [0.5, 0.6) is 0 Å². The van der Waals surface area contributed by atoms with E-state index in [1.54, 1.807) is 18.2 Å². The average Bonchev–Trinajstić information content (AvgIpc) is 3.84. The number of amides is 4. The van der Waals surface area contributed by atoms with Crippen LogP contribution >= 0.6 is 15.6 Å². The van der Waals surface area contributed by atoms with Gasteiger partial charge in [-0.3, -0.25) is 43.4 Å². The van der Waals surface area contributed by atoms with Gasteiger partial charge in [0.15, 0.2) is 17.4 Å². The predicted octanol–water partition coefficient (Wildman–Crippen LogP) is -2.02. The van der Waals surface area contributed by atoms with Crippen LogP contribution in [-0.4, -0.2) is 145 Å². The van der Waals surface area contributed by atoms with Gasteiger partial charge in [0, 0.05) is 36.3 Å². The Labute approximate surface area is 338 Å². The molecule has 0 spiro atoms. The van der Waals surface area contributed by atoms with Gasteiger partial charge in [0.2, 0.25) is 23.7 Å². The van der Waals surface area contributed by atoms with E-state index in [0.717, 1.165) is 10.9 Å². The van der Waals surface area contributed by atoms with Crippen molar-refractivity contribution in [3.05, 3.63) is 46.0 Å². The molecule has 10 N–H and O–H groups in total. The van der Waals surface area contributed by atoms with Gasteiger partial charge in [-0.1, -0.05) is 6.07 Å². The standard InChI is InChI=1S/C32H43N9O17P2/c33-32-38-27-24(29(47)39-32)34-16-41(27)31-26(45)25(44)21(57-31)15-56-60(51,52)58-59(49,50)35-7-9-54-11-13-55-12-10-53-8-6-23(43)36-19-3-1-2-17-18(19)14-40(30(17)48)20-4-5-22(42)37-28(20)46/h1-3,16,20-21,25-26,31,44-45H,4-15H2,(H,36,43)(H,51,52)(H2,35,49,50)(H,37,42,46)(H3,33,38,39,47). The van der Waals surface area contributed by atoms with E-state index in [1.807, 2.05) is 5.09 Å². The van der Waals surface area contributed by atoms with E-state index in [9.17, 15) is 53.1 Å². The number of aromatic nitrogens is 4. The van der Waals surface area contributed by atoms with E-state index in [2.05, 4.69) is 29.9 Å². The minimum absolute atomic E-state index is 0.00776. The average molecular weight is 888 g/mol. The molecular formula is C32H43N9O17P2. The van der Waals surface area contributed by atoms with Crippen LogP contribution in [0.3, 0.4) is 0 Å². The molecule has 7 unspecified atom stereocenters. The number of carbonyl (C=O) groups is 4. The number of anilines is 2. The lowest BCUT2D eigenvalue weighted by molar-refractivity contribution is -0.137. The van der Waals surface area contributed by atoms with Gasteiger partial charge in [-0.05, 0) is 18.6 Å². The molecule has 26 nitrogen and oxygen atoms in total. The Hall–Kier alpha value is -4.53. The van der Waals surface area contributed by atoms with Crippen LogP contribution < -0.4 is 27.0 Å². The van der Waals surface area contributed by atoms with Crippen molar-refractivity contribution in [2.24, 2.45) is 0 Å². The molecule has 2 aromatic heterocycles. The molecule has 3 aliphatic heterocycles. The fourth-order valence-electron chi connectivity index (χ4n) is 6.47. The van der Waals surface area contributed by atoms with Crippen molar-refractivity contribution in [3.63, 3.8) is 0 Å². The van der Waals surface area contributed by atoms with E-state index in [-0.39, 0.29) is 107 Å². The Morgan fingerprint density at radius 2 is 1.73 bits per heavy atom. The zero-order valence-electron chi connectivity index (χ0n) is 31.5. The highest BCUT2D eigenvalue weighted by atomic mass is 31.3. The number of carbonyl (C=O) groups excluding carboxylic acids is 4. The van der Waals surface area contributed by atoms with Crippen LogP contribution in [0.25, 0.3) is 11.2 Å². The molecule has 0 radical (unpaired) electrons. The predicted molar refractivity (Wildman–Crippen MR) is 201 cm³/mol. The number of piperidine rings is 1. The van der Waals surface area contributed by atoms with E-state index in [0.29, 0.717) is 16.8 Å². The summed E-state index contributed by atoms with van der Waals surface area (Å²) < 4.78 is 56.7. The number of imide groups is 1. The normalized spacial score (nSPS) is 23.7. The van der Waals surface area contributed by atoms with E-state index >= 15 is 0 Å². The summed E-state index contributed by atoms with van der Waals surface area (Å²) in [5, 5.41) is 28.0. The maximum Gasteiger partial charge on any atom is 0.480 e. The van der Waals surface area contributed by atoms with Crippen molar-refractivity contribution in [3.8, 4) is 0 Å². The molecule has 6 rings (SSSR count). The van der Waals surface area contributed by atoms with Crippen LogP contribution in [0.2, 0.25) is 0 Å². The molecule has 0 bridgehead atoms. The van der Waals surface area contributed by atoms with Crippen molar-refractivity contribution in [2.75, 3.05) is 63.8 Å². The van der Waals surface area contributed by atoms with Gasteiger partial charge < -0.3 is 54.9 Å². The monoisotopic (exact) mass is 887 g/mol. The summed E-state index contributed by atoms with van der Waals surface area (Å²) in [4.78, 5) is 93.0. The lowest BCUT2D eigenvalue weighted by atomic mass is 10.0. The van der Waals surface area contributed by atoms with Gasteiger partial charge in [0.05, 0.1) is 59.0 Å². The van der Waals surface area contributed by atoms with Crippen LogP contribution in [-0.2, 0) is 57.8 Å². The summed E-state index contributed by atoms with van der Waals surface area (Å²) in [7, 11) is -10.1. The van der Waals surface area contributed by atoms with Crippen molar-refractivity contribution in [1.29, 1.82) is 0 Å². The molecule has 4 amide bonds. The third-order valence-electron chi connectivity index (χ3n) is 9.31. The Morgan fingerprint density at radius 3 is 2.47 bits per heavy atom. The lowest BCUT2D eigenvalue weighted by Crippen LogP contribution is -2.52. The summed E-state index contributed by atoms with van der Waals surface area (Å²) in [6.07, 6.45) is -4.67. The number of hydrogen-bond donors (Lipinski definition) is 9. The molecule has 2 fully saturated rings. The van der Waals surface area contributed by atoms with Gasteiger partial charge in [-0.25, -0.2) is 19.2 Å². The number of aliphatic hydroxyl groups is 2. The largest absolute Gasteiger partial charge is 0.480 e. The molecule has 0 saturated carbocycles. The molecule has 5 heterocycles. The molecule has 2 saturated heterocycles. The number of hydrogen-bond acceptors (Lipinski definition) is 18. The second-order valence-corrected chi connectivity index (χ2v) is 16.7. The fraction of sp³-hybridized carbons (Fsp3) is 0.531. The van der Waals surface area contributed by atoms with Crippen LogP contribution in [0.1, 0.15) is 41.4 Å². The second-order valence-electron chi connectivity index (χ2n) is 13.5. The number of nitrogens with zero attached hydrogens (tertiary/aromatic N) is 4. The van der Waals surface area contributed by atoms with Crippen molar-refractivity contribution in [1.82, 2.24) is 34.8 Å². The maximum atomic E-state index is 13.0. The minimum Gasteiger partial charge on any atom is -0.387 e. The molecule has 28 heteroatoms. The number of ether oxygens (including phenoxy) is 4. The maximum absolute atomic E-state index is 13.0. The zero-order chi connectivity index (χ0) is 43.2. The number of fused-ring (bicyclic) bond motifs is 2. The highest BCUT2D eigenvalue weighted by molar-refractivity contribution is 7.62. The first kappa shape index (κ1) is 45.0. The quantitative estimate of drug-likeness (QED) is 0.0317. The van der Waals surface area contributed by atoms with Gasteiger partial charge in [-0.15, -0.1) is 0 Å². The SMILES string of the molecule is Nc1nc2c(ncn2C2OC(COP(=O)(O)OP(=O)(O)NCCOCCOCCOCCC(=O)Nc3cccc4c3CN(C3CCC(=O)NC3=O)C4=O)C(O)C2O)c(=O)[nH]1. The third kappa shape index (κ3) is 11.0. The van der Waals surface area contributed by atoms with E-state index in [1.165, 1.54) is 4.90 Å². The van der Waals surface area contributed by atoms with Gasteiger partial charge in [0.25, 0.3) is 11.5 Å². The first-order chi connectivity index (χ1) is 28.5. The first-order valence-electron chi connectivity index (χ1n) is 18.3. The number of imidazole rings is 1. The van der Waals surface area contributed by atoms with Crippen LogP contribution in [0.4, 0.5) is 11.6 Å². The summed E-state index contributed by atoms with van der Waals surface area (Å²) in [6.45, 7) is -0.608. The number of nitrogen functional groups attached to an aromatic ring is 1. The Bertz CT molecular complexity index is 2240. The number of phosphoric acid groups is 1. The Balaban J connectivity index is 0.801. The van der Waals surface area contributed by atoms with E-state index in [4.69, 9.17) is 29.2 Å². The molecule has 60 heavy (non-hydrogen) atoms. The zero-order valence-corrected chi connectivity index (χ0v) is 33.3. The number of H-pyrrole nitrogens is 1. The highest BCUT2D eigenvalue weighted by Crippen LogP contribution is 2.57. The van der Waals surface area contributed by atoms with E-state index < -0.39 is 64.2 Å². The molecule has 3 aromatic rings. The second kappa shape index (κ2) is 19.5. The third-order valence-corrected chi connectivity index (χ3v) is 12.1. The molecular weight excluding hydrogens is 844 g/mol. The van der Waals surface area contributed by atoms with Gasteiger partial charge >= 0.3 is 15.6 Å². The lowest BCUT2D eigenvalue weighted by Gasteiger charge is -2.29. The number of aromatic amines is 1. The molecule has 3 aliphatic rings. The van der Waals surface area contributed by atoms with Crippen molar-refractivity contribution >= 4 is 62.0 Å². The summed E-state index contributed by atoms with van der Waals surface area (Å²) >= 11 is 0. The van der Waals surface area contributed by atoms with Crippen LogP contribution in [0, 0.1) is 0 Å². The number of phosphoric ester groups is 1. The summed E-state index contributed by atoms with van der Waals surface area (Å²) in [5.41, 5.74) is 6.09. The molecule has 328 valence electrons. The van der Waals surface area contributed by atoms with Gasteiger partial charge in [0.1, 0.15) is 24.4 Å². The first-order valence-corrected chi connectivity index (χ1v) is 21.4. The topological polar surface area (TPSA) is 368 Å². The van der Waals surface area contributed by atoms with Crippen molar-refractivity contribution < 1.29 is 76.1 Å². The molecule has 7 atom stereocenters. The number of benzene rings is 1. The highest BCUT2D eigenvalue weighted by Gasteiger charge is 2.46. The minimum atomic E-state index is -5.23. The van der Waals surface area contributed by atoms with Crippen LogP contribution in [0.15, 0.2) is 29.3 Å². The van der Waals surface area contributed by atoms with Gasteiger partial charge in [-0.2, -0.15) is 9.29 Å². The Morgan fingerprint density at radius 1 is 1.02 bits per heavy atom. The fourth-order valence-corrected chi connectivity index (χ4v) is 8.71. The summed E-state index contributed by atoms with van der Waals surface area (Å²) in [5.74, 6) is -1.87.